The number of nitrogens with zero attached hydrogens (tertiary/aromatic N) is 3. The summed E-state index contributed by atoms with van der Waals surface area (Å²) < 4.78 is 0. The number of hydrogen-bond donors (Lipinski definition) is 1. The Hall–Kier alpha value is -0.160. The summed E-state index contributed by atoms with van der Waals surface area (Å²) in [5.41, 5.74) is 1.19. The molecular weight excluding hydrogens is 356 g/mol. The standard InChI is InChI=1S/C23H48N4.C2H6/c1-6-25(5)16-8-14-24-15-9-17-26(7-2)20-23(4)12-18-27(19-13-23)21-22(3)10-11-22;1-2/h24H,6-21H2,1-5H3;1-2H3. The highest BCUT2D eigenvalue weighted by Gasteiger charge is 2.40. The molecular formula is C25H54N4. The lowest BCUT2D eigenvalue weighted by atomic mass is 9.79. The predicted octanol–water partition coefficient (Wildman–Crippen LogP) is 4.56. The second-order valence-electron chi connectivity index (χ2n) is 10.1. The summed E-state index contributed by atoms with van der Waals surface area (Å²) in [5.74, 6) is 0. The molecule has 0 radical (unpaired) electrons. The fourth-order valence-electron chi connectivity index (χ4n) is 4.39. The Morgan fingerprint density at radius 2 is 1.41 bits per heavy atom. The zero-order valence-electron chi connectivity index (χ0n) is 21.2. The van der Waals surface area contributed by atoms with E-state index in [0.29, 0.717) is 10.8 Å². The summed E-state index contributed by atoms with van der Waals surface area (Å²) in [4.78, 5) is 7.83. The summed E-state index contributed by atoms with van der Waals surface area (Å²) >= 11 is 0. The molecule has 2 aliphatic rings. The van der Waals surface area contributed by atoms with E-state index in [1.807, 2.05) is 13.8 Å². The van der Waals surface area contributed by atoms with Crippen LogP contribution in [0.25, 0.3) is 0 Å². The number of rotatable bonds is 14. The third kappa shape index (κ3) is 11.1. The second kappa shape index (κ2) is 14.0. The predicted molar refractivity (Wildman–Crippen MR) is 130 cm³/mol. The summed E-state index contributed by atoms with van der Waals surface area (Å²) in [6.45, 7) is 26.0. The van der Waals surface area contributed by atoms with E-state index in [4.69, 9.17) is 0 Å². The molecule has 2 rings (SSSR count). The van der Waals surface area contributed by atoms with E-state index in [9.17, 15) is 0 Å². The van der Waals surface area contributed by atoms with Gasteiger partial charge in [0.25, 0.3) is 0 Å². The van der Waals surface area contributed by atoms with E-state index in [0.717, 1.165) is 19.6 Å². The van der Waals surface area contributed by atoms with Gasteiger partial charge in [0.05, 0.1) is 0 Å². The summed E-state index contributed by atoms with van der Waals surface area (Å²) in [6.07, 6.45) is 8.19. The van der Waals surface area contributed by atoms with Crippen LogP contribution >= 0.6 is 0 Å². The Balaban J connectivity index is 0.00000204. The highest BCUT2D eigenvalue weighted by molar-refractivity contribution is 4.93. The van der Waals surface area contributed by atoms with E-state index in [1.54, 1.807) is 0 Å². The van der Waals surface area contributed by atoms with E-state index >= 15 is 0 Å². The highest BCUT2D eigenvalue weighted by Crippen LogP contribution is 2.46. The van der Waals surface area contributed by atoms with Crippen molar-refractivity contribution in [2.45, 2.75) is 80.1 Å². The first-order chi connectivity index (χ1) is 13.9. The fraction of sp³-hybridized carbons (Fsp3) is 1.00. The van der Waals surface area contributed by atoms with Gasteiger partial charge in [-0.1, -0.05) is 41.5 Å². The van der Waals surface area contributed by atoms with E-state index in [2.05, 4.69) is 54.8 Å². The minimum absolute atomic E-state index is 0.523. The zero-order chi connectivity index (χ0) is 21.8. The van der Waals surface area contributed by atoms with Crippen LogP contribution in [0.3, 0.4) is 0 Å². The number of hydrogen-bond acceptors (Lipinski definition) is 4. The van der Waals surface area contributed by atoms with Crippen LogP contribution in [0.4, 0.5) is 0 Å². The maximum absolute atomic E-state index is 3.63. The van der Waals surface area contributed by atoms with Crippen LogP contribution in [-0.2, 0) is 0 Å². The topological polar surface area (TPSA) is 21.8 Å². The molecule has 1 heterocycles. The van der Waals surface area contributed by atoms with Crippen molar-refractivity contribution in [1.29, 1.82) is 0 Å². The van der Waals surface area contributed by atoms with Crippen molar-refractivity contribution in [3.8, 4) is 0 Å². The molecule has 174 valence electrons. The molecule has 0 atom stereocenters. The van der Waals surface area contributed by atoms with Gasteiger partial charge in [0.2, 0.25) is 0 Å². The van der Waals surface area contributed by atoms with Gasteiger partial charge in [0.15, 0.2) is 0 Å². The Bertz CT molecular complexity index is 400. The van der Waals surface area contributed by atoms with Gasteiger partial charge in [-0.05, 0) is 109 Å². The molecule has 0 bridgehead atoms. The van der Waals surface area contributed by atoms with Gasteiger partial charge in [0, 0.05) is 13.1 Å². The van der Waals surface area contributed by atoms with Crippen molar-refractivity contribution in [2.24, 2.45) is 10.8 Å². The molecule has 1 saturated heterocycles. The van der Waals surface area contributed by atoms with Gasteiger partial charge in [-0.3, -0.25) is 0 Å². The smallest absolute Gasteiger partial charge is 0.00362 e. The van der Waals surface area contributed by atoms with Gasteiger partial charge < -0.3 is 20.0 Å². The SMILES string of the molecule is CC.CCN(C)CCCNCCCN(CC)CC1(C)CCN(CC2(C)CC2)CC1. The summed E-state index contributed by atoms with van der Waals surface area (Å²) in [7, 11) is 2.20. The lowest BCUT2D eigenvalue weighted by Gasteiger charge is -2.43. The van der Waals surface area contributed by atoms with Crippen LogP contribution < -0.4 is 5.32 Å². The molecule has 0 aromatic carbocycles. The van der Waals surface area contributed by atoms with Gasteiger partial charge in [-0.15, -0.1) is 0 Å². The first-order valence-corrected chi connectivity index (χ1v) is 12.7. The summed E-state index contributed by atoms with van der Waals surface area (Å²) in [6, 6.07) is 0. The first-order valence-electron chi connectivity index (χ1n) is 12.7. The minimum atomic E-state index is 0.523. The number of likely N-dealkylation sites (tertiary alicyclic amines) is 1. The Morgan fingerprint density at radius 1 is 0.828 bits per heavy atom. The highest BCUT2D eigenvalue weighted by atomic mass is 15.2. The lowest BCUT2D eigenvalue weighted by molar-refractivity contribution is 0.0677. The molecule has 4 nitrogen and oxygen atoms in total. The van der Waals surface area contributed by atoms with Gasteiger partial charge in [-0.25, -0.2) is 0 Å². The molecule has 1 aliphatic heterocycles. The largest absolute Gasteiger partial charge is 0.317 e. The molecule has 2 fully saturated rings. The van der Waals surface area contributed by atoms with Gasteiger partial charge in [0.1, 0.15) is 0 Å². The van der Waals surface area contributed by atoms with Crippen LogP contribution in [-0.4, -0.2) is 87.2 Å². The zero-order valence-corrected chi connectivity index (χ0v) is 21.2. The monoisotopic (exact) mass is 410 g/mol. The van der Waals surface area contributed by atoms with Crippen LogP contribution in [0.5, 0.6) is 0 Å². The van der Waals surface area contributed by atoms with Crippen LogP contribution in [0, 0.1) is 10.8 Å². The van der Waals surface area contributed by atoms with Crippen molar-refractivity contribution in [3.05, 3.63) is 0 Å². The van der Waals surface area contributed by atoms with Crippen molar-refractivity contribution in [1.82, 2.24) is 20.0 Å². The van der Waals surface area contributed by atoms with Crippen molar-refractivity contribution >= 4 is 0 Å². The summed E-state index contributed by atoms with van der Waals surface area (Å²) in [5, 5.41) is 3.63. The molecule has 1 aliphatic carbocycles. The maximum Gasteiger partial charge on any atom is 0.00362 e. The molecule has 1 N–H and O–H groups in total. The molecule has 1 saturated carbocycles. The van der Waals surface area contributed by atoms with Crippen LogP contribution in [0.1, 0.15) is 80.1 Å². The van der Waals surface area contributed by atoms with Crippen molar-refractivity contribution < 1.29 is 0 Å². The van der Waals surface area contributed by atoms with Gasteiger partial charge >= 0.3 is 0 Å². The number of piperidine rings is 1. The fourth-order valence-corrected chi connectivity index (χ4v) is 4.39. The molecule has 0 unspecified atom stereocenters. The third-order valence-corrected chi connectivity index (χ3v) is 7.09. The molecule has 0 aromatic heterocycles. The average Bonchev–Trinajstić information content (AvgIpc) is 3.46. The van der Waals surface area contributed by atoms with Gasteiger partial charge in [-0.2, -0.15) is 0 Å². The second-order valence-corrected chi connectivity index (χ2v) is 10.1. The van der Waals surface area contributed by atoms with E-state index in [-0.39, 0.29) is 0 Å². The lowest BCUT2D eigenvalue weighted by Crippen LogP contribution is -2.46. The van der Waals surface area contributed by atoms with Crippen molar-refractivity contribution in [2.75, 3.05) is 72.5 Å². The minimum Gasteiger partial charge on any atom is -0.317 e. The van der Waals surface area contributed by atoms with E-state index in [1.165, 1.54) is 84.3 Å². The third-order valence-electron chi connectivity index (χ3n) is 7.09. The van der Waals surface area contributed by atoms with Crippen molar-refractivity contribution in [3.63, 3.8) is 0 Å². The molecule has 29 heavy (non-hydrogen) atoms. The van der Waals surface area contributed by atoms with Crippen LogP contribution in [0.15, 0.2) is 0 Å². The molecule has 0 spiro atoms. The van der Waals surface area contributed by atoms with Crippen LogP contribution in [0.2, 0.25) is 0 Å². The Labute approximate surface area is 183 Å². The Kier molecular flexibility index (Phi) is 13.0. The van der Waals surface area contributed by atoms with E-state index < -0.39 is 0 Å². The Morgan fingerprint density at radius 3 is 1.93 bits per heavy atom. The average molecular weight is 411 g/mol. The quantitative estimate of drug-likeness (QED) is 0.424. The molecule has 4 heteroatoms. The maximum atomic E-state index is 3.63. The first kappa shape index (κ1) is 26.9. The molecule has 0 aromatic rings. The normalized spacial score (nSPS) is 20.6. The number of nitrogens with one attached hydrogen (secondary N) is 1. The molecule has 0 amide bonds.